The normalized spacial score (nSPS) is 20.2. The number of methoxy groups -OCH3 is 1. The molecule has 33 heavy (non-hydrogen) atoms. The van der Waals surface area contributed by atoms with Crippen LogP contribution in [0.15, 0.2) is 42.5 Å². The number of ether oxygens (including phenoxy) is 1. The number of hydrogen-bond donors (Lipinski definition) is 1. The summed E-state index contributed by atoms with van der Waals surface area (Å²) in [7, 11) is 1.71. The average molecular weight is 466 g/mol. The Labute approximate surface area is 205 Å². The maximum Gasteiger partial charge on any atom is 0.174 e. The first-order valence-corrected chi connectivity index (χ1v) is 13.1. The van der Waals surface area contributed by atoms with E-state index in [-0.39, 0.29) is 0 Å². The van der Waals surface area contributed by atoms with Gasteiger partial charge in [0.2, 0.25) is 0 Å². The lowest BCUT2D eigenvalue weighted by Gasteiger charge is -2.40. The van der Waals surface area contributed by atoms with Gasteiger partial charge in [0.1, 0.15) is 5.75 Å². The monoisotopic (exact) mass is 465 g/mol. The van der Waals surface area contributed by atoms with Crippen molar-refractivity contribution in [2.75, 3.05) is 30.4 Å². The van der Waals surface area contributed by atoms with Crippen LogP contribution in [0.5, 0.6) is 5.75 Å². The Morgan fingerprint density at radius 3 is 2.76 bits per heavy atom. The highest BCUT2D eigenvalue weighted by Crippen LogP contribution is 2.33. The lowest BCUT2D eigenvalue weighted by Crippen LogP contribution is -2.46. The van der Waals surface area contributed by atoms with E-state index in [0.29, 0.717) is 12.0 Å². The highest BCUT2D eigenvalue weighted by molar-refractivity contribution is 7.80. The van der Waals surface area contributed by atoms with Gasteiger partial charge < -0.3 is 19.9 Å². The van der Waals surface area contributed by atoms with E-state index in [4.69, 9.17) is 17.0 Å². The van der Waals surface area contributed by atoms with Crippen molar-refractivity contribution >= 4 is 28.7 Å². The minimum Gasteiger partial charge on any atom is -0.495 e. The molecule has 4 rings (SSSR count). The van der Waals surface area contributed by atoms with Crippen molar-refractivity contribution in [1.82, 2.24) is 4.90 Å². The van der Waals surface area contributed by atoms with E-state index < -0.39 is 0 Å². The molecule has 2 aromatic rings. The van der Waals surface area contributed by atoms with Gasteiger partial charge in [-0.3, -0.25) is 0 Å². The number of hydrogen-bond acceptors (Lipinski definition) is 3. The number of anilines is 2. The molecule has 5 heteroatoms. The molecule has 1 aliphatic heterocycles. The van der Waals surface area contributed by atoms with Gasteiger partial charge in [0, 0.05) is 31.4 Å². The third-order valence-electron chi connectivity index (χ3n) is 7.28. The lowest BCUT2D eigenvalue weighted by molar-refractivity contribution is 0.177. The Balaban J connectivity index is 1.58. The van der Waals surface area contributed by atoms with Crippen LogP contribution in [-0.2, 0) is 13.0 Å². The van der Waals surface area contributed by atoms with Crippen molar-refractivity contribution in [3.05, 3.63) is 53.6 Å². The van der Waals surface area contributed by atoms with Crippen molar-refractivity contribution in [3.8, 4) is 5.75 Å². The summed E-state index contributed by atoms with van der Waals surface area (Å²) in [5.74, 6) is 1.45. The Morgan fingerprint density at radius 1 is 1.15 bits per heavy atom. The summed E-state index contributed by atoms with van der Waals surface area (Å²) in [6, 6.07) is 15.6. The summed E-state index contributed by atoms with van der Waals surface area (Å²) < 4.78 is 5.56. The Morgan fingerprint density at radius 2 is 1.97 bits per heavy atom. The van der Waals surface area contributed by atoms with Crippen molar-refractivity contribution in [1.29, 1.82) is 0 Å². The third-order valence-corrected chi connectivity index (χ3v) is 7.62. The molecule has 2 aliphatic rings. The highest BCUT2D eigenvalue weighted by Gasteiger charge is 2.29. The van der Waals surface area contributed by atoms with E-state index >= 15 is 0 Å². The second kappa shape index (κ2) is 11.2. The predicted octanol–water partition coefficient (Wildman–Crippen LogP) is 6.64. The van der Waals surface area contributed by atoms with E-state index in [1.54, 1.807) is 7.11 Å². The maximum atomic E-state index is 6.02. The van der Waals surface area contributed by atoms with E-state index in [1.165, 1.54) is 68.3 Å². The van der Waals surface area contributed by atoms with Crippen molar-refractivity contribution in [3.63, 3.8) is 0 Å². The molecule has 1 N–H and O–H groups in total. The standard InChI is InChI=1S/C28H39N3OS/c1-4-17-30-18-9-11-23-19-22(15-16-26(23)30)20-31(25-13-7-5-10-21(25)2)28(33)29-24-12-6-8-14-27(24)32-3/h6,8,12,14-16,19,21,25H,4-5,7,9-11,13,17-18,20H2,1-3H3,(H,29,33)/t21-,25+/m0/s1. The molecule has 0 unspecified atom stereocenters. The van der Waals surface area contributed by atoms with Gasteiger partial charge >= 0.3 is 0 Å². The van der Waals surface area contributed by atoms with Crippen LogP contribution in [0.3, 0.4) is 0 Å². The fourth-order valence-corrected chi connectivity index (χ4v) is 5.87. The van der Waals surface area contributed by atoms with Gasteiger partial charge in [-0.05, 0) is 79.6 Å². The summed E-state index contributed by atoms with van der Waals surface area (Å²) in [4.78, 5) is 5.00. The molecule has 2 aromatic carbocycles. The molecule has 0 bridgehead atoms. The fraction of sp³-hybridized carbons (Fsp3) is 0.536. The van der Waals surface area contributed by atoms with E-state index in [9.17, 15) is 0 Å². The van der Waals surface area contributed by atoms with E-state index in [2.05, 4.69) is 47.2 Å². The molecule has 1 aliphatic carbocycles. The molecule has 0 amide bonds. The maximum absolute atomic E-state index is 6.02. The van der Waals surface area contributed by atoms with Crippen molar-refractivity contribution in [2.45, 2.75) is 71.4 Å². The Hall–Kier alpha value is -2.27. The smallest absolute Gasteiger partial charge is 0.174 e. The Kier molecular flexibility index (Phi) is 8.13. The van der Waals surface area contributed by atoms with Gasteiger partial charge in [-0.1, -0.05) is 51.0 Å². The number of aryl methyl sites for hydroxylation is 1. The molecule has 0 spiro atoms. The van der Waals surface area contributed by atoms with Crippen molar-refractivity contribution < 1.29 is 4.74 Å². The Bertz CT molecular complexity index is 946. The number of nitrogens with zero attached hydrogens (tertiary/aromatic N) is 2. The van der Waals surface area contributed by atoms with Crippen LogP contribution in [-0.4, -0.2) is 36.3 Å². The van der Waals surface area contributed by atoms with Crippen LogP contribution in [0.2, 0.25) is 0 Å². The topological polar surface area (TPSA) is 27.7 Å². The number of fused-ring (bicyclic) bond motifs is 1. The quantitative estimate of drug-likeness (QED) is 0.463. The highest BCUT2D eigenvalue weighted by atomic mass is 32.1. The summed E-state index contributed by atoms with van der Waals surface area (Å²) in [5, 5.41) is 4.30. The van der Waals surface area contributed by atoms with Gasteiger partial charge in [0.15, 0.2) is 5.11 Å². The average Bonchev–Trinajstić information content (AvgIpc) is 2.83. The molecule has 0 saturated heterocycles. The van der Waals surface area contributed by atoms with Gasteiger partial charge in [0.25, 0.3) is 0 Å². The molecule has 4 nitrogen and oxygen atoms in total. The van der Waals surface area contributed by atoms with Crippen LogP contribution in [0, 0.1) is 5.92 Å². The first kappa shape index (κ1) is 23.9. The zero-order valence-electron chi connectivity index (χ0n) is 20.5. The van der Waals surface area contributed by atoms with Crippen LogP contribution in [0.4, 0.5) is 11.4 Å². The number of thiocarbonyl (C=S) groups is 1. The molecule has 1 fully saturated rings. The minimum atomic E-state index is 0.459. The number of para-hydroxylation sites is 2. The molecular weight excluding hydrogens is 426 g/mol. The van der Waals surface area contributed by atoms with E-state index in [1.807, 2.05) is 24.3 Å². The summed E-state index contributed by atoms with van der Waals surface area (Å²) in [5.41, 5.74) is 5.21. The van der Waals surface area contributed by atoms with Crippen molar-refractivity contribution in [2.24, 2.45) is 5.92 Å². The first-order chi connectivity index (χ1) is 16.1. The van der Waals surface area contributed by atoms with Crippen LogP contribution in [0.25, 0.3) is 0 Å². The number of nitrogens with one attached hydrogen (secondary N) is 1. The molecule has 0 aromatic heterocycles. The summed E-state index contributed by atoms with van der Waals surface area (Å²) in [6.07, 6.45) is 8.68. The fourth-order valence-electron chi connectivity index (χ4n) is 5.56. The second-order valence-corrected chi connectivity index (χ2v) is 10.0. The number of rotatable bonds is 7. The third kappa shape index (κ3) is 5.63. The van der Waals surface area contributed by atoms with E-state index in [0.717, 1.165) is 29.6 Å². The number of benzene rings is 2. The van der Waals surface area contributed by atoms with Crippen LogP contribution < -0.4 is 15.0 Å². The molecule has 0 radical (unpaired) electrons. The lowest BCUT2D eigenvalue weighted by atomic mass is 9.84. The van der Waals surface area contributed by atoms with Crippen LogP contribution in [0.1, 0.15) is 63.5 Å². The molecule has 1 heterocycles. The minimum absolute atomic E-state index is 0.459. The first-order valence-electron chi connectivity index (χ1n) is 12.7. The zero-order valence-corrected chi connectivity index (χ0v) is 21.3. The second-order valence-electron chi connectivity index (χ2n) is 9.64. The SMILES string of the molecule is CCCN1CCCc2cc(CN(C(=S)Nc3ccccc3OC)[C@@H]3CCCC[C@@H]3C)ccc21. The molecule has 2 atom stereocenters. The van der Waals surface area contributed by atoms with Gasteiger partial charge in [-0.15, -0.1) is 0 Å². The molecular formula is C28H39N3OS. The summed E-state index contributed by atoms with van der Waals surface area (Å²) in [6.45, 7) is 7.82. The zero-order chi connectivity index (χ0) is 23.2. The molecule has 178 valence electrons. The van der Waals surface area contributed by atoms with Gasteiger partial charge in [-0.25, -0.2) is 0 Å². The molecule has 1 saturated carbocycles. The van der Waals surface area contributed by atoms with Gasteiger partial charge in [0.05, 0.1) is 12.8 Å². The van der Waals surface area contributed by atoms with Crippen LogP contribution >= 0.6 is 12.2 Å². The van der Waals surface area contributed by atoms with Gasteiger partial charge in [-0.2, -0.15) is 0 Å². The largest absolute Gasteiger partial charge is 0.495 e. The summed E-state index contributed by atoms with van der Waals surface area (Å²) >= 11 is 6.02. The predicted molar refractivity (Wildman–Crippen MR) is 143 cm³/mol.